The first-order valence-electron chi connectivity index (χ1n) is 13.0. The number of nitrogens with zero attached hydrogens (tertiary/aromatic N) is 4. The third-order valence-electron chi connectivity index (χ3n) is 6.85. The zero-order valence-electron chi connectivity index (χ0n) is 22.1. The lowest BCUT2D eigenvalue weighted by Crippen LogP contribution is -2.73. The number of aromatic nitrogens is 2. The molecule has 1 aliphatic carbocycles. The van der Waals surface area contributed by atoms with Crippen LogP contribution in [-0.4, -0.2) is 74.8 Å². The Labute approximate surface area is 243 Å². The predicted molar refractivity (Wildman–Crippen MR) is 148 cm³/mol. The smallest absolute Gasteiger partial charge is 0.356 e. The van der Waals surface area contributed by atoms with E-state index in [0.717, 1.165) is 46.8 Å². The van der Waals surface area contributed by atoms with Gasteiger partial charge in [0.05, 0.1) is 5.75 Å². The van der Waals surface area contributed by atoms with Gasteiger partial charge in [-0.15, -0.1) is 23.1 Å². The van der Waals surface area contributed by atoms with Gasteiger partial charge >= 0.3 is 5.97 Å². The standard InChI is InChI=1S/C26H28N6O7S2/c1-14(33)10-31-8-6-16(7-9-31)40-13-19-22(25(36)37)32-18(11-38-19)21(24(32)35)29-23(34)20(17-12-41-26(27)28-17)30-39-15-4-2-3-5-15/h6-9,12,15,18,21H,2-5,10-11,13H2,1H3,(H3-,27,28,29,34,36,37)/p+1/b30-20-. The van der Waals surface area contributed by atoms with Crippen molar-refractivity contribution in [2.24, 2.45) is 5.16 Å². The van der Waals surface area contributed by atoms with Gasteiger partial charge in [-0.2, -0.15) is 4.57 Å². The minimum absolute atomic E-state index is 0.00542. The fraction of sp³-hybridized carbons (Fsp3) is 0.423. The Balaban J connectivity index is 1.27. The largest absolute Gasteiger partial charge is 0.492 e. The Kier molecular flexibility index (Phi) is 8.54. The number of amides is 2. The number of oxime groups is 1. The summed E-state index contributed by atoms with van der Waals surface area (Å²) in [6.45, 7) is 1.77. The van der Waals surface area contributed by atoms with Crippen LogP contribution in [0.5, 0.6) is 0 Å². The van der Waals surface area contributed by atoms with Gasteiger partial charge in [0.15, 0.2) is 34.7 Å². The van der Waals surface area contributed by atoms with Gasteiger partial charge in [0.1, 0.15) is 36.2 Å². The van der Waals surface area contributed by atoms with Crippen LogP contribution in [0.2, 0.25) is 0 Å². The molecule has 2 atom stereocenters. The maximum atomic E-state index is 13.2. The van der Waals surface area contributed by atoms with E-state index in [1.54, 1.807) is 22.3 Å². The van der Waals surface area contributed by atoms with Gasteiger partial charge in [-0.1, -0.05) is 5.16 Å². The van der Waals surface area contributed by atoms with E-state index in [1.165, 1.54) is 18.7 Å². The van der Waals surface area contributed by atoms with E-state index in [-0.39, 0.29) is 58.8 Å². The summed E-state index contributed by atoms with van der Waals surface area (Å²) in [7, 11) is 0. The van der Waals surface area contributed by atoms with Gasteiger partial charge in [-0.25, -0.2) is 9.78 Å². The van der Waals surface area contributed by atoms with Crippen LogP contribution < -0.4 is 15.6 Å². The molecule has 2 aromatic rings. The van der Waals surface area contributed by atoms with Crippen LogP contribution in [0.1, 0.15) is 38.3 Å². The number of thioether (sulfide) groups is 1. The molecule has 5 rings (SSSR count). The van der Waals surface area contributed by atoms with Crippen molar-refractivity contribution in [3.05, 3.63) is 47.1 Å². The molecule has 13 nitrogen and oxygen atoms in total. The third kappa shape index (κ3) is 6.35. The predicted octanol–water partition coefficient (Wildman–Crippen LogP) is 1.08. The van der Waals surface area contributed by atoms with Crippen LogP contribution >= 0.6 is 23.1 Å². The SMILES string of the molecule is CC(=O)C[n+]1ccc(SCC2=C(C(=O)O)N3C(=O)C(NC(=O)/C(=N\OC4CCCC4)c4csc(N)n4)C3CO2)cc1. The van der Waals surface area contributed by atoms with Crippen molar-refractivity contribution >= 4 is 57.5 Å². The second-order valence-electron chi connectivity index (χ2n) is 9.83. The summed E-state index contributed by atoms with van der Waals surface area (Å²) >= 11 is 2.48. The molecule has 0 aromatic carbocycles. The second kappa shape index (κ2) is 12.3. The number of hydrogen-bond acceptors (Lipinski definition) is 11. The lowest BCUT2D eigenvalue weighted by molar-refractivity contribution is -0.684. The molecule has 2 unspecified atom stereocenters. The molecule has 0 spiro atoms. The highest BCUT2D eigenvalue weighted by Gasteiger charge is 2.55. The van der Waals surface area contributed by atoms with E-state index in [0.29, 0.717) is 0 Å². The molecule has 4 N–H and O–H groups in total. The zero-order valence-corrected chi connectivity index (χ0v) is 23.8. The van der Waals surface area contributed by atoms with E-state index >= 15 is 0 Å². The zero-order chi connectivity index (χ0) is 29.1. The topological polar surface area (TPSA) is 177 Å². The molecule has 4 heterocycles. The molecule has 0 bridgehead atoms. The molecule has 3 aliphatic rings. The summed E-state index contributed by atoms with van der Waals surface area (Å²) < 4.78 is 7.55. The Bertz CT molecular complexity index is 1420. The number of carbonyl (C=O) groups is 4. The number of nitrogen functional groups attached to an aromatic ring is 1. The minimum Gasteiger partial charge on any atom is -0.492 e. The molecule has 2 aliphatic heterocycles. The number of β-lactam (4-membered cyclic amide) rings is 1. The number of carboxylic acids is 1. The van der Waals surface area contributed by atoms with Crippen LogP contribution in [0.15, 0.2) is 51.4 Å². The fourth-order valence-electron chi connectivity index (χ4n) is 4.85. The van der Waals surface area contributed by atoms with Crippen LogP contribution in [0.3, 0.4) is 0 Å². The molecule has 1 saturated heterocycles. The number of pyridine rings is 1. The number of thiazole rings is 1. The van der Waals surface area contributed by atoms with Crippen LogP contribution in [-0.2, 0) is 35.3 Å². The minimum atomic E-state index is -1.30. The van der Waals surface area contributed by atoms with Gasteiger partial charge in [-0.05, 0) is 25.7 Å². The van der Waals surface area contributed by atoms with Gasteiger partial charge in [0.25, 0.3) is 11.8 Å². The fourth-order valence-corrected chi connectivity index (χ4v) is 6.23. The van der Waals surface area contributed by atoms with Crippen molar-refractivity contribution in [2.45, 2.75) is 62.2 Å². The van der Waals surface area contributed by atoms with Gasteiger partial charge < -0.3 is 25.7 Å². The normalized spacial score (nSPS) is 20.8. The maximum absolute atomic E-state index is 13.2. The Hall–Kier alpha value is -3.98. The van der Waals surface area contributed by atoms with Crippen molar-refractivity contribution in [1.29, 1.82) is 0 Å². The molecule has 15 heteroatoms. The summed E-state index contributed by atoms with van der Waals surface area (Å²) in [5.41, 5.74) is 5.62. The van der Waals surface area contributed by atoms with Crippen LogP contribution in [0, 0.1) is 0 Å². The highest BCUT2D eigenvalue weighted by Crippen LogP contribution is 2.35. The number of ether oxygens (including phenoxy) is 1. The summed E-state index contributed by atoms with van der Waals surface area (Å²) in [6, 6.07) is 1.91. The number of nitrogens with one attached hydrogen (secondary N) is 1. The summed E-state index contributed by atoms with van der Waals surface area (Å²) in [5, 5.41) is 18.5. The van der Waals surface area contributed by atoms with E-state index < -0.39 is 29.9 Å². The molecule has 2 amide bonds. The first-order valence-corrected chi connectivity index (χ1v) is 14.9. The van der Waals surface area contributed by atoms with Gasteiger partial charge in [0.2, 0.25) is 6.54 Å². The lowest BCUT2D eigenvalue weighted by Gasteiger charge is -2.49. The molecule has 2 fully saturated rings. The number of fused-ring (bicyclic) bond motifs is 1. The second-order valence-corrected chi connectivity index (χ2v) is 11.8. The molecule has 41 heavy (non-hydrogen) atoms. The first-order chi connectivity index (χ1) is 19.7. The Morgan fingerprint density at radius 1 is 1.32 bits per heavy atom. The number of carbonyl (C=O) groups excluding carboxylic acids is 3. The van der Waals surface area contributed by atoms with E-state index in [2.05, 4.69) is 15.5 Å². The summed E-state index contributed by atoms with van der Waals surface area (Å²) in [4.78, 5) is 61.6. The molecular formula is C26H29N6O7S2+. The summed E-state index contributed by atoms with van der Waals surface area (Å²) in [6.07, 6.45) is 7.13. The number of ketones is 1. The number of hydrogen-bond donors (Lipinski definition) is 3. The number of aliphatic carboxylic acids is 1. The highest BCUT2D eigenvalue weighted by atomic mass is 32.2. The van der Waals surface area contributed by atoms with Crippen molar-refractivity contribution in [1.82, 2.24) is 15.2 Å². The quantitative estimate of drug-likeness (QED) is 0.111. The third-order valence-corrected chi connectivity index (χ3v) is 8.54. The van der Waals surface area contributed by atoms with Crippen molar-refractivity contribution < 1.29 is 38.4 Å². The van der Waals surface area contributed by atoms with Crippen molar-refractivity contribution in [2.75, 3.05) is 18.1 Å². The average Bonchev–Trinajstić information content (AvgIpc) is 3.62. The monoisotopic (exact) mass is 601 g/mol. The lowest BCUT2D eigenvalue weighted by atomic mass is 9.92. The first kappa shape index (κ1) is 28.5. The number of carboxylic acid groups (broad SMARTS) is 1. The molecule has 216 valence electrons. The van der Waals surface area contributed by atoms with E-state index in [4.69, 9.17) is 15.3 Å². The van der Waals surface area contributed by atoms with E-state index in [1.807, 2.05) is 12.1 Å². The van der Waals surface area contributed by atoms with Gasteiger partial charge in [-0.3, -0.25) is 19.3 Å². The van der Waals surface area contributed by atoms with Crippen LogP contribution in [0.4, 0.5) is 5.13 Å². The van der Waals surface area contributed by atoms with Gasteiger partial charge in [0, 0.05) is 29.3 Å². The van der Waals surface area contributed by atoms with E-state index in [9.17, 15) is 24.3 Å². The average molecular weight is 602 g/mol. The number of rotatable bonds is 11. The highest BCUT2D eigenvalue weighted by molar-refractivity contribution is 7.99. The number of anilines is 1. The molecule has 1 saturated carbocycles. The molecule has 0 radical (unpaired) electrons. The number of nitrogens with two attached hydrogens (primary N) is 1. The van der Waals surface area contributed by atoms with Crippen molar-refractivity contribution in [3.63, 3.8) is 0 Å². The summed E-state index contributed by atoms with van der Waals surface area (Å²) in [5.74, 6) is -2.19. The van der Waals surface area contributed by atoms with Crippen molar-refractivity contribution in [3.8, 4) is 0 Å². The van der Waals surface area contributed by atoms with Crippen LogP contribution in [0.25, 0.3) is 0 Å². The number of Topliss-reactive ketones (excluding diaryl/α,β-unsaturated/α-hetero) is 1. The molecule has 2 aromatic heterocycles. The molecular weight excluding hydrogens is 572 g/mol. The Morgan fingerprint density at radius 3 is 2.68 bits per heavy atom. The maximum Gasteiger partial charge on any atom is 0.356 e. The Morgan fingerprint density at radius 2 is 2.05 bits per heavy atom.